The lowest BCUT2D eigenvalue weighted by Crippen LogP contribution is -2.27. The highest BCUT2D eigenvalue weighted by Crippen LogP contribution is 1.99. The molecule has 0 radical (unpaired) electrons. The van der Waals surface area contributed by atoms with E-state index in [-0.39, 0.29) is 24.0 Å². The van der Waals surface area contributed by atoms with Crippen LogP contribution >= 0.6 is 0 Å². The Bertz CT molecular complexity index is 361. The largest absolute Gasteiger partial charge is 0.350 e. The number of nitrogens with one attached hydrogen (secondary N) is 1. The van der Waals surface area contributed by atoms with E-state index >= 15 is 0 Å². The molecule has 1 N–H and O–H groups in total. The summed E-state index contributed by atoms with van der Waals surface area (Å²) in [6, 6.07) is 5.49. The third kappa shape index (κ3) is 4.21. The molecule has 0 saturated heterocycles. The number of pyridine rings is 1. The molecule has 0 spiro atoms. The van der Waals surface area contributed by atoms with Crippen LogP contribution in [0.1, 0.15) is 26.0 Å². The van der Waals surface area contributed by atoms with Crippen LogP contribution in [0.5, 0.6) is 0 Å². The minimum Gasteiger partial charge on any atom is -0.350 e. The average Bonchev–Trinajstić information content (AvgIpc) is 2.27. The first-order valence-electron chi connectivity index (χ1n) is 5.29. The van der Waals surface area contributed by atoms with Crippen LogP contribution in [-0.2, 0) is 16.1 Å². The normalized spacial score (nSPS) is 10.2. The van der Waals surface area contributed by atoms with Crippen LogP contribution in [0.15, 0.2) is 24.4 Å². The summed E-state index contributed by atoms with van der Waals surface area (Å²) in [5.41, 5.74) is 0.785. The number of hydrogen-bond acceptors (Lipinski definition) is 3. The Morgan fingerprint density at radius 2 is 2.12 bits per heavy atom. The van der Waals surface area contributed by atoms with E-state index in [1.54, 1.807) is 20.0 Å². The van der Waals surface area contributed by atoms with Gasteiger partial charge in [0.25, 0.3) is 0 Å². The van der Waals surface area contributed by atoms with Crippen molar-refractivity contribution in [3.63, 3.8) is 0 Å². The summed E-state index contributed by atoms with van der Waals surface area (Å²) >= 11 is 0. The van der Waals surface area contributed by atoms with Crippen molar-refractivity contribution < 1.29 is 9.59 Å². The van der Waals surface area contributed by atoms with Gasteiger partial charge in [-0.05, 0) is 12.1 Å². The van der Waals surface area contributed by atoms with Gasteiger partial charge in [0.1, 0.15) is 5.78 Å². The van der Waals surface area contributed by atoms with Gasteiger partial charge < -0.3 is 5.32 Å². The van der Waals surface area contributed by atoms with E-state index in [1.165, 1.54) is 0 Å². The van der Waals surface area contributed by atoms with Gasteiger partial charge in [-0.15, -0.1) is 0 Å². The Balaban J connectivity index is 2.34. The van der Waals surface area contributed by atoms with E-state index in [1.807, 2.05) is 18.2 Å². The minimum atomic E-state index is -0.246. The van der Waals surface area contributed by atoms with Gasteiger partial charge in [-0.25, -0.2) is 0 Å². The lowest BCUT2D eigenvalue weighted by Gasteiger charge is -2.05. The van der Waals surface area contributed by atoms with Crippen molar-refractivity contribution in [1.82, 2.24) is 10.3 Å². The molecule has 1 aromatic rings. The highest BCUT2D eigenvalue weighted by molar-refractivity contribution is 5.98. The van der Waals surface area contributed by atoms with Gasteiger partial charge in [0.2, 0.25) is 5.91 Å². The number of ketones is 1. The highest BCUT2D eigenvalue weighted by Gasteiger charge is 2.12. The fourth-order valence-corrected chi connectivity index (χ4v) is 1.12. The number of amides is 1. The van der Waals surface area contributed by atoms with Crippen molar-refractivity contribution in [2.75, 3.05) is 0 Å². The Kier molecular flexibility index (Phi) is 4.64. The van der Waals surface area contributed by atoms with Crippen LogP contribution in [0.3, 0.4) is 0 Å². The number of hydrogen-bond donors (Lipinski definition) is 1. The number of Topliss-reactive ketones (excluding diaryl/α,β-unsaturated/α-hetero) is 1. The number of rotatable bonds is 5. The maximum Gasteiger partial charge on any atom is 0.227 e. The van der Waals surface area contributed by atoms with Gasteiger partial charge in [0.15, 0.2) is 0 Å². The Hall–Kier alpha value is -1.71. The monoisotopic (exact) mass is 220 g/mol. The van der Waals surface area contributed by atoms with Crippen molar-refractivity contribution in [1.29, 1.82) is 0 Å². The first-order valence-corrected chi connectivity index (χ1v) is 5.29. The van der Waals surface area contributed by atoms with Crippen LogP contribution in [0.4, 0.5) is 0 Å². The third-order valence-electron chi connectivity index (χ3n) is 2.17. The molecule has 4 nitrogen and oxygen atoms in total. The SMILES string of the molecule is CC(C)C(=O)CC(=O)NCc1ccccn1. The molecular formula is C12H16N2O2. The summed E-state index contributed by atoms with van der Waals surface area (Å²) in [5.74, 6) is -0.386. The Morgan fingerprint density at radius 1 is 1.38 bits per heavy atom. The fraction of sp³-hybridized carbons (Fsp3) is 0.417. The second-order valence-electron chi connectivity index (χ2n) is 3.90. The summed E-state index contributed by atoms with van der Waals surface area (Å²) in [6.45, 7) is 3.94. The van der Waals surface area contributed by atoms with Crippen molar-refractivity contribution >= 4 is 11.7 Å². The van der Waals surface area contributed by atoms with E-state index in [0.717, 1.165) is 5.69 Å². The first kappa shape index (κ1) is 12.4. The van der Waals surface area contributed by atoms with Gasteiger partial charge >= 0.3 is 0 Å². The summed E-state index contributed by atoms with van der Waals surface area (Å²) in [5, 5.41) is 2.66. The van der Waals surface area contributed by atoms with Crippen molar-refractivity contribution in [2.24, 2.45) is 5.92 Å². The number of carbonyl (C=O) groups is 2. The minimum absolute atomic E-state index is 0.0430. The van der Waals surface area contributed by atoms with E-state index in [0.29, 0.717) is 6.54 Å². The molecule has 4 heteroatoms. The van der Waals surface area contributed by atoms with Crippen LogP contribution < -0.4 is 5.32 Å². The molecule has 0 aliphatic rings. The number of nitrogens with zero attached hydrogens (tertiary/aromatic N) is 1. The maximum absolute atomic E-state index is 11.4. The smallest absolute Gasteiger partial charge is 0.227 e. The van der Waals surface area contributed by atoms with Gasteiger partial charge in [0, 0.05) is 12.1 Å². The van der Waals surface area contributed by atoms with Crippen molar-refractivity contribution in [2.45, 2.75) is 26.8 Å². The maximum atomic E-state index is 11.4. The van der Waals surface area contributed by atoms with E-state index in [2.05, 4.69) is 10.3 Å². The molecule has 0 aromatic carbocycles. The van der Waals surface area contributed by atoms with Crippen molar-refractivity contribution in [3.05, 3.63) is 30.1 Å². The molecule has 0 fully saturated rings. The number of carbonyl (C=O) groups excluding carboxylic acids is 2. The Labute approximate surface area is 95.1 Å². The molecule has 1 aromatic heterocycles. The van der Waals surface area contributed by atoms with Gasteiger partial charge in [-0.1, -0.05) is 19.9 Å². The summed E-state index contributed by atoms with van der Waals surface area (Å²) in [6.07, 6.45) is 1.62. The highest BCUT2D eigenvalue weighted by atomic mass is 16.2. The van der Waals surface area contributed by atoms with Gasteiger partial charge in [-0.3, -0.25) is 14.6 Å². The molecule has 0 unspecified atom stereocenters. The molecule has 0 aliphatic carbocycles. The molecule has 0 bridgehead atoms. The van der Waals surface area contributed by atoms with E-state index < -0.39 is 0 Å². The zero-order valence-corrected chi connectivity index (χ0v) is 9.56. The van der Waals surface area contributed by atoms with Crippen molar-refractivity contribution in [3.8, 4) is 0 Å². The molecular weight excluding hydrogens is 204 g/mol. The first-order chi connectivity index (χ1) is 7.59. The van der Waals surface area contributed by atoms with Crippen LogP contribution in [-0.4, -0.2) is 16.7 Å². The molecule has 0 atom stereocenters. The molecule has 16 heavy (non-hydrogen) atoms. The van der Waals surface area contributed by atoms with Gasteiger partial charge in [0.05, 0.1) is 18.7 Å². The van der Waals surface area contributed by atoms with Crippen LogP contribution in [0, 0.1) is 5.92 Å². The average molecular weight is 220 g/mol. The molecule has 0 aliphatic heterocycles. The standard InChI is InChI=1S/C12H16N2O2/c1-9(2)11(15)7-12(16)14-8-10-5-3-4-6-13-10/h3-6,9H,7-8H2,1-2H3,(H,14,16). The molecule has 0 saturated carbocycles. The zero-order chi connectivity index (χ0) is 12.0. The number of aromatic nitrogens is 1. The quantitative estimate of drug-likeness (QED) is 0.761. The third-order valence-corrected chi connectivity index (χ3v) is 2.17. The van der Waals surface area contributed by atoms with Gasteiger partial charge in [-0.2, -0.15) is 0 Å². The predicted octanol–water partition coefficient (Wildman–Crippen LogP) is 1.31. The summed E-state index contributed by atoms with van der Waals surface area (Å²) in [4.78, 5) is 26.7. The molecule has 86 valence electrons. The molecule has 1 heterocycles. The van der Waals surface area contributed by atoms with Crippen LogP contribution in [0.2, 0.25) is 0 Å². The second kappa shape index (κ2) is 6.00. The molecule has 1 rings (SSSR count). The summed E-state index contributed by atoms with van der Waals surface area (Å²) < 4.78 is 0. The molecule has 1 amide bonds. The van der Waals surface area contributed by atoms with E-state index in [4.69, 9.17) is 0 Å². The zero-order valence-electron chi connectivity index (χ0n) is 9.56. The topological polar surface area (TPSA) is 59.1 Å². The lowest BCUT2D eigenvalue weighted by molar-refractivity contribution is -0.129. The lowest BCUT2D eigenvalue weighted by atomic mass is 10.1. The Morgan fingerprint density at radius 3 is 2.69 bits per heavy atom. The fourth-order valence-electron chi connectivity index (χ4n) is 1.12. The summed E-state index contributed by atoms with van der Waals surface area (Å²) in [7, 11) is 0. The second-order valence-corrected chi connectivity index (χ2v) is 3.90. The van der Waals surface area contributed by atoms with E-state index in [9.17, 15) is 9.59 Å². The van der Waals surface area contributed by atoms with Crippen LogP contribution in [0.25, 0.3) is 0 Å². The predicted molar refractivity (Wildman–Crippen MR) is 60.5 cm³/mol.